The van der Waals surface area contributed by atoms with Crippen molar-refractivity contribution in [1.29, 1.82) is 0 Å². The molecule has 0 unspecified atom stereocenters. The summed E-state index contributed by atoms with van der Waals surface area (Å²) >= 11 is 1.56. The number of halogens is 3. The third-order valence-corrected chi connectivity index (χ3v) is 5.79. The van der Waals surface area contributed by atoms with E-state index in [1.165, 1.54) is 12.1 Å². The van der Waals surface area contributed by atoms with Gasteiger partial charge < -0.3 is 14.6 Å². The van der Waals surface area contributed by atoms with Gasteiger partial charge in [-0.15, -0.1) is 0 Å². The van der Waals surface area contributed by atoms with Gasteiger partial charge in [0.1, 0.15) is 11.5 Å². The Hall–Kier alpha value is -3.13. The van der Waals surface area contributed by atoms with Crippen molar-refractivity contribution >= 4 is 17.7 Å². The molecule has 0 amide bonds. The van der Waals surface area contributed by atoms with Crippen LogP contribution in [0.4, 0.5) is 13.2 Å². The minimum absolute atomic E-state index is 0.357. The summed E-state index contributed by atoms with van der Waals surface area (Å²) in [5, 5.41) is 8.74. The Balaban J connectivity index is 1.55. The number of aliphatic carboxylic acids is 1. The lowest BCUT2D eigenvalue weighted by atomic mass is 10.1. The maximum Gasteiger partial charge on any atom is 0.416 e. The van der Waals surface area contributed by atoms with Crippen LogP contribution in [-0.2, 0) is 17.4 Å². The van der Waals surface area contributed by atoms with Crippen molar-refractivity contribution in [3.63, 3.8) is 0 Å². The Morgan fingerprint density at radius 1 is 0.879 bits per heavy atom. The molecule has 0 aliphatic heterocycles. The number of aryl methyl sites for hydroxylation is 2. The molecule has 0 aliphatic carbocycles. The number of carboxylic acids is 1. The average molecular weight is 477 g/mol. The van der Waals surface area contributed by atoms with Crippen molar-refractivity contribution < 1.29 is 32.5 Å². The third kappa shape index (κ3) is 7.18. The van der Waals surface area contributed by atoms with Crippen LogP contribution in [0.1, 0.15) is 22.3 Å². The van der Waals surface area contributed by atoms with Gasteiger partial charge in [0.25, 0.3) is 0 Å². The van der Waals surface area contributed by atoms with Crippen LogP contribution in [0.15, 0.2) is 70.5 Å². The lowest BCUT2D eigenvalue weighted by molar-refractivity contribution is -0.139. The van der Waals surface area contributed by atoms with E-state index in [0.717, 1.165) is 44.4 Å². The first-order valence-corrected chi connectivity index (χ1v) is 11.0. The predicted octanol–water partition coefficient (Wildman–Crippen LogP) is 6.56. The Labute approximate surface area is 194 Å². The molecular weight excluding hydrogens is 453 g/mol. The fourth-order valence-electron chi connectivity index (χ4n) is 3.11. The molecule has 3 aromatic carbocycles. The second-order valence-electron chi connectivity index (χ2n) is 7.43. The second-order valence-corrected chi connectivity index (χ2v) is 8.58. The van der Waals surface area contributed by atoms with Crippen LogP contribution in [0.5, 0.6) is 11.5 Å². The molecule has 174 valence electrons. The van der Waals surface area contributed by atoms with Gasteiger partial charge in [0.2, 0.25) is 0 Å². The van der Waals surface area contributed by atoms with Crippen LogP contribution in [0.2, 0.25) is 0 Å². The van der Waals surface area contributed by atoms with Crippen molar-refractivity contribution in [3.05, 3.63) is 82.9 Å². The first-order chi connectivity index (χ1) is 15.6. The molecule has 0 saturated heterocycles. The van der Waals surface area contributed by atoms with E-state index in [9.17, 15) is 18.0 Å². The van der Waals surface area contributed by atoms with E-state index >= 15 is 0 Å². The van der Waals surface area contributed by atoms with Crippen LogP contribution in [-0.4, -0.2) is 24.3 Å². The van der Waals surface area contributed by atoms with Gasteiger partial charge in [0.15, 0.2) is 6.61 Å². The van der Waals surface area contributed by atoms with Gasteiger partial charge in [-0.05, 0) is 79.1 Å². The van der Waals surface area contributed by atoms with Gasteiger partial charge in [0.05, 0.1) is 12.2 Å². The largest absolute Gasteiger partial charge is 0.493 e. The summed E-state index contributed by atoms with van der Waals surface area (Å²) in [5.74, 6) is 0.236. The van der Waals surface area contributed by atoms with Crippen LogP contribution < -0.4 is 9.47 Å². The Morgan fingerprint density at radius 3 is 1.91 bits per heavy atom. The Morgan fingerprint density at radius 2 is 1.42 bits per heavy atom. The van der Waals surface area contributed by atoms with Crippen molar-refractivity contribution in [2.45, 2.75) is 36.2 Å². The highest BCUT2D eigenvalue weighted by Gasteiger charge is 2.29. The molecule has 0 fully saturated rings. The van der Waals surface area contributed by atoms with Gasteiger partial charge >= 0.3 is 12.1 Å². The Bertz CT molecular complexity index is 1110. The van der Waals surface area contributed by atoms with Crippen molar-refractivity contribution in [3.8, 4) is 11.5 Å². The fraction of sp³-hybridized carbons (Fsp3) is 0.240. The van der Waals surface area contributed by atoms with E-state index < -0.39 is 17.7 Å². The first kappa shape index (κ1) is 24.5. The summed E-state index contributed by atoms with van der Waals surface area (Å²) in [6.07, 6.45) is -3.83. The molecule has 0 saturated carbocycles. The quantitative estimate of drug-likeness (QED) is 0.379. The van der Waals surface area contributed by atoms with E-state index in [1.54, 1.807) is 17.8 Å². The second kappa shape index (κ2) is 10.7. The molecule has 0 heterocycles. The third-order valence-electron chi connectivity index (χ3n) is 4.81. The molecular formula is C25H23F3O4S. The molecule has 0 aromatic heterocycles. The van der Waals surface area contributed by atoms with E-state index in [4.69, 9.17) is 14.6 Å². The van der Waals surface area contributed by atoms with Crippen molar-refractivity contribution in [2.75, 3.05) is 13.2 Å². The molecule has 4 nitrogen and oxygen atoms in total. The zero-order valence-corrected chi connectivity index (χ0v) is 18.9. The standard InChI is InChI=1S/C25H23F3O4S/c1-16-13-20(33-21-8-10-23(17(2)14-21)32-15-24(29)30)7-9-22(16)31-12-11-18-3-5-19(6-4-18)25(26,27)28/h3-10,13-14H,11-12,15H2,1-2H3,(H,29,30). The first-order valence-electron chi connectivity index (χ1n) is 10.1. The highest BCUT2D eigenvalue weighted by atomic mass is 32.2. The summed E-state index contributed by atoms with van der Waals surface area (Å²) in [6.45, 7) is 3.77. The van der Waals surface area contributed by atoms with Crippen LogP contribution in [0.25, 0.3) is 0 Å². The summed E-state index contributed by atoms with van der Waals surface area (Å²) in [6, 6.07) is 16.5. The van der Waals surface area contributed by atoms with Gasteiger partial charge in [0, 0.05) is 16.2 Å². The summed E-state index contributed by atoms with van der Waals surface area (Å²) < 4.78 is 49.0. The highest BCUT2D eigenvalue weighted by Crippen LogP contribution is 2.34. The van der Waals surface area contributed by atoms with Gasteiger partial charge in [-0.1, -0.05) is 23.9 Å². The lowest BCUT2D eigenvalue weighted by Gasteiger charge is -2.12. The van der Waals surface area contributed by atoms with Crippen LogP contribution in [0.3, 0.4) is 0 Å². The molecule has 8 heteroatoms. The number of hydrogen-bond acceptors (Lipinski definition) is 4. The zero-order chi connectivity index (χ0) is 24.0. The fourth-order valence-corrected chi connectivity index (χ4v) is 4.13. The Kier molecular flexibility index (Phi) is 7.92. The smallest absolute Gasteiger partial charge is 0.416 e. The molecule has 1 N–H and O–H groups in total. The highest BCUT2D eigenvalue weighted by molar-refractivity contribution is 7.99. The van der Waals surface area contributed by atoms with Crippen LogP contribution >= 0.6 is 11.8 Å². The van der Waals surface area contributed by atoms with E-state index in [0.29, 0.717) is 18.8 Å². The van der Waals surface area contributed by atoms with E-state index in [2.05, 4.69) is 0 Å². The van der Waals surface area contributed by atoms with Gasteiger partial charge in [-0.3, -0.25) is 0 Å². The minimum atomic E-state index is -4.33. The molecule has 0 atom stereocenters. The number of ether oxygens (including phenoxy) is 2. The molecule has 0 radical (unpaired) electrons. The molecule has 0 aliphatic rings. The lowest BCUT2D eigenvalue weighted by Crippen LogP contribution is -2.09. The van der Waals surface area contributed by atoms with Crippen molar-refractivity contribution in [2.24, 2.45) is 0 Å². The van der Waals surface area contributed by atoms with Gasteiger partial charge in [-0.2, -0.15) is 13.2 Å². The number of carboxylic acid groups (broad SMARTS) is 1. The number of rotatable bonds is 9. The zero-order valence-electron chi connectivity index (χ0n) is 18.1. The molecule has 3 aromatic rings. The topological polar surface area (TPSA) is 55.8 Å². The van der Waals surface area contributed by atoms with Crippen LogP contribution in [0, 0.1) is 13.8 Å². The summed E-state index contributed by atoms with van der Waals surface area (Å²) in [7, 11) is 0. The monoisotopic (exact) mass is 476 g/mol. The van der Waals surface area contributed by atoms with E-state index in [1.807, 2.05) is 44.2 Å². The maximum absolute atomic E-state index is 12.7. The molecule has 0 spiro atoms. The summed E-state index contributed by atoms with van der Waals surface area (Å²) in [5.41, 5.74) is 1.92. The number of alkyl halides is 3. The number of benzene rings is 3. The average Bonchev–Trinajstić information content (AvgIpc) is 2.74. The molecule has 33 heavy (non-hydrogen) atoms. The molecule has 0 bridgehead atoms. The predicted molar refractivity (Wildman–Crippen MR) is 120 cm³/mol. The van der Waals surface area contributed by atoms with Gasteiger partial charge in [-0.25, -0.2) is 4.79 Å². The normalized spacial score (nSPS) is 11.3. The maximum atomic E-state index is 12.7. The number of hydrogen-bond donors (Lipinski definition) is 1. The SMILES string of the molecule is Cc1cc(Sc2ccc(OCC(=O)O)c(C)c2)ccc1OCCc1ccc(C(F)(F)F)cc1. The van der Waals surface area contributed by atoms with Crippen molar-refractivity contribution in [1.82, 2.24) is 0 Å². The van der Waals surface area contributed by atoms with E-state index in [-0.39, 0.29) is 6.61 Å². The number of carbonyl (C=O) groups is 1. The minimum Gasteiger partial charge on any atom is -0.493 e. The summed E-state index contributed by atoms with van der Waals surface area (Å²) in [4.78, 5) is 12.7. The molecule has 3 rings (SSSR count).